The van der Waals surface area contributed by atoms with Crippen LogP contribution in [0.5, 0.6) is 0 Å². The molecular formula is C11H15N5O3. The van der Waals surface area contributed by atoms with E-state index in [1.165, 1.54) is 10.9 Å². The molecule has 0 saturated heterocycles. The molecule has 0 fully saturated rings. The SMILES string of the molecule is CC#CCCNC(=O)NCCn1cc(C(=O)O)nn1. The molecule has 1 heterocycles. The molecule has 0 aliphatic carbocycles. The summed E-state index contributed by atoms with van der Waals surface area (Å²) in [6.45, 7) is 2.90. The van der Waals surface area contributed by atoms with Crippen LogP contribution < -0.4 is 10.6 Å². The molecule has 0 saturated carbocycles. The second-order valence-corrected chi connectivity index (χ2v) is 3.53. The van der Waals surface area contributed by atoms with Gasteiger partial charge >= 0.3 is 12.0 Å². The van der Waals surface area contributed by atoms with Crippen LogP contribution in [0.1, 0.15) is 23.8 Å². The van der Waals surface area contributed by atoms with Gasteiger partial charge in [-0.05, 0) is 6.92 Å². The summed E-state index contributed by atoms with van der Waals surface area (Å²) in [5.74, 6) is 4.43. The van der Waals surface area contributed by atoms with Crippen molar-refractivity contribution >= 4 is 12.0 Å². The molecule has 1 rings (SSSR count). The molecule has 0 radical (unpaired) electrons. The Kier molecular flexibility index (Phi) is 5.88. The number of urea groups is 1. The van der Waals surface area contributed by atoms with Crippen molar-refractivity contribution in [1.29, 1.82) is 0 Å². The van der Waals surface area contributed by atoms with Gasteiger partial charge in [0.2, 0.25) is 0 Å². The molecule has 0 unspecified atom stereocenters. The number of nitrogens with zero attached hydrogens (tertiary/aromatic N) is 3. The van der Waals surface area contributed by atoms with E-state index in [4.69, 9.17) is 5.11 Å². The molecule has 0 bridgehead atoms. The van der Waals surface area contributed by atoms with Gasteiger partial charge < -0.3 is 15.7 Å². The molecule has 0 spiro atoms. The quantitative estimate of drug-likeness (QED) is 0.483. The maximum atomic E-state index is 11.3. The molecule has 0 aromatic carbocycles. The lowest BCUT2D eigenvalue weighted by Gasteiger charge is -2.05. The van der Waals surface area contributed by atoms with Crippen LogP contribution in [0.2, 0.25) is 0 Å². The van der Waals surface area contributed by atoms with Gasteiger partial charge in [-0.3, -0.25) is 0 Å². The highest BCUT2D eigenvalue weighted by Gasteiger charge is 2.07. The van der Waals surface area contributed by atoms with Crippen LogP contribution >= 0.6 is 0 Å². The highest BCUT2D eigenvalue weighted by Crippen LogP contribution is 1.91. The van der Waals surface area contributed by atoms with E-state index in [1.807, 2.05) is 0 Å². The Balaban J connectivity index is 2.19. The van der Waals surface area contributed by atoms with Crippen LogP contribution in [0.4, 0.5) is 4.79 Å². The third kappa shape index (κ3) is 5.54. The predicted molar refractivity (Wildman–Crippen MR) is 66.4 cm³/mol. The largest absolute Gasteiger partial charge is 0.476 e. The van der Waals surface area contributed by atoms with Crippen molar-refractivity contribution in [2.75, 3.05) is 13.1 Å². The van der Waals surface area contributed by atoms with Crippen LogP contribution in [-0.4, -0.2) is 45.2 Å². The van der Waals surface area contributed by atoms with Crippen LogP contribution in [0, 0.1) is 11.8 Å². The first-order valence-electron chi connectivity index (χ1n) is 5.68. The van der Waals surface area contributed by atoms with Gasteiger partial charge in [-0.1, -0.05) is 5.21 Å². The number of hydrogen-bond donors (Lipinski definition) is 3. The minimum atomic E-state index is -1.13. The van der Waals surface area contributed by atoms with Gasteiger partial charge in [-0.15, -0.1) is 16.9 Å². The van der Waals surface area contributed by atoms with Crippen molar-refractivity contribution in [3.63, 3.8) is 0 Å². The van der Waals surface area contributed by atoms with Gasteiger partial charge in [0.1, 0.15) is 0 Å². The van der Waals surface area contributed by atoms with E-state index in [9.17, 15) is 9.59 Å². The van der Waals surface area contributed by atoms with E-state index in [1.54, 1.807) is 6.92 Å². The van der Waals surface area contributed by atoms with Gasteiger partial charge in [0.05, 0.1) is 12.7 Å². The van der Waals surface area contributed by atoms with Gasteiger partial charge in [0, 0.05) is 19.5 Å². The molecule has 0 atom stereocenters. The number of carbonyl (C=O) groups is 2. The average Bonchev–Trinajstić information content (AvgIpc) is 2.84. The molecule has 0 aliphatic rings. The number of carboxylic acid groups (broad SMARTS) is 1. The van der Waals surface area contributed by atoms with E-state index in [2.05, 4.69) is 32.8 Å². The minimum Gasteiger partial charge on any atom is -0.476 e. The Morgan fingerprint density at radius 2 is 2.16 bits per heavy atom. The summed E-state index contributed by atoms with van der Waals surface area (Å²) in [5, 5.41) is 21.0. The zero-order chi connectivity index (χ0) is 14.1. The maximum absolute atomic E-state index is 11.3. The lowest BCUT2D eigenvalue weighted by molar-refractivity contribution is 0.0690. The van der Waals surface area contributed by atoms with Crippen LogP contribution in [0.3, 0.4) is 0 Å². The monoisotopic (exact) mass is 265 g/mol. The zero-order valence-electron chi connectivity index (χ0n) is 10.5. The van der Waals surface area contributed by atoms with Gasteiger partial charge in [-0.25, -0.2) is 14.3 Å². The Morgan fingerprint density at radius 3 is 2.79 bits per heavy atom. The Labute approximate surface area is 110 Å². The third-order valence-corrected chi connectivity index (χ3v) is 2.10. The lowest BCUT2D eigenvalue weighted by atomic mass is 10.4. The molecule has 1 aromatic heterocycles. The number of nitrogens with one attached hydrogen (secondary N) is 2. The molecule has 8 heteroatoms. The van der Waals surface area contributed by atoms with Crippen LogP contribution in [0.15, 0.2) is 6.20 Å². The fourth-order valence-electron chi connectivity index (χ4n) is 1.22. The second-order valence-electron chi connectivity index (χ2n) is 3.53. The van der Waals surface area contributed by atoms with Gasteiger partial charge in [-0.2, -0.15) is 0 Å². The third-order valence-electron chi connectivity index (χ3n) is 2.10. The van der Waals surface area contributed by atoms with E-state index >= 15 is 0 Å². The Bertz CT molecular complexity index is 500. The summed E-state index contributed by atoms with van der Waals surface area (Å²) >= 11 is 0. The molecule has 2 amide bonds. The molecule has 0 aliphatic heterocycles. The smallest absolute Gasteiger partial charge is 0.358 e. The van der Waals surface area contributed by atoms with E-state index in [-0.39, 0.29) is 11.7 Å². The zero-order valence-corrected chi connectivity index (χ0v) is 10.5. The van der Waals surface area contributed by atoms with Crippen molar-refractivity contribution in [2.45, 2.75) is 19.9 Å². The highest BCUT2D eigenvalue weighted by atomic mass is 16.4. The highest BCUT2D eigenvalue weighted by molar-refractivity contribution is 5.84. The van der Waals surface area contributed by atoms with Crippen molar-refractivity contribution in [1.82, 2.24) is 25.6 Å². The number of carboxylic acids is 1. The summed E-state index contributed by atoms with van der Waals surface area (Å²) in [4.78, 5) is 21.9. The molecule has 19 heavy (non-hydrogen) atoms. The molecular weight excluding hydrogens is 250 g/mol. The number of hydrogen-bond acceptors (Lipinski definition) is 4. The van der Waals surface area contributed by atoms with Crippen molar-refractivity contribution in [3.8, 4) is 11.8 Å². The number of carbonyl (C=O) groups excluding carboxylic acids is 1. The summed E-state index contributed by atoms with van der Waals surface area (Å²) in [7, 11) is 0. The number of amides is 2. The second kappa shape index (κ2) is 7.71. The van der Waals surface area contributed by atoms with Crippen molar-refractivity contribution < 1.29 is 14.7 Å². The minimum absolute atomic E-state index is 0.123. The first kappa shape index (κ1) is 14.5. The van der Waals surface area contributed by atoms with Gasteiger partial charge in [0.25, 0.3) is 0 Å². The Hall–Kier alpha value is -2.56. The fourth-order valence-corrected chi connectivity index (χ4v) is 1.22. The first-order chi connectivity index (χ1) is 9.13. The van der Waals surface area contributed by atoms with Crippen LogP contribution in [-0.2, 0) is 6.54 Å². The number of aromatic nitrogens is 3. The van der Waals surface area contributed by atoms with E-state index in [0.29, 0.717) is 26.1 Å². The lowest BCUT2D eigenvalue weighted by Crippen LogP contribution is -2.37. The normalized spacial score (nSPS) is 9.32. The van der Waals surface area contributed by atoms with Crippen LogP contribution in [0.25, 0.3) is 0 Å². The summed E-state index contributed by atoms with van der Waals surface area (Å²) < 4.78 is 1.35. The number of rotatable bonds is 6. The summed E-state index contributed by atoms with van der Waals surface area (Å²) in [5.41, 5.74) is -0.123. The maximum Gasteiger partial charge on any atom is 0.358 e. The first-order valence-corrected chi connectivity index (χ1v) is 5.68. The predicted octanol–water partition coefficient (Wildman–Crippen LogP) is -0.311. The van der Waals surface area contributed by atoms with E-state index < -0.39 is 5.97 Å². The molecule has 8 nitrogen and oxygen atoms in total. The fraction of sp³-hybridized carbons (Fsp3) is 0.455. The Morgan fingerprint density at radius 1 is 1.42 bits per heavy atom. The summed E-state index contributed by atoms with van der Waals surface area (Å²) in [6.07, 6.45) is 1.91. The van der Waals surface area contributed by atoms with Gasteiger partial charge in [0.15, 0.2) is 5.69 Å². The molecule has 102 valence electrons. The topological polar surface area (TPSA) is 109 Å². The standard InChI is InChI=1S/C11H15N5O3/c1-2-3-4-5-12-11(19)13-6-7-16-8-9(10(17)18)14-15-16/h8H,4-7H2,1H3,(H,17,18)(H2,12,13,19). The van der Waals surface area contributed by atoms with E-state index in [0.717, 1.165) is 0 Å². The molecule has 3 N–H and O–H groups in total. The summed E-state index contributed by atoms with van der Waals surface area (Å²) in [6, 6.07) is -0.295. The molecule has 1 aromatic rings. The average molecular weight is 265 g/mol. The number of aromatic carboxylic acids is 1. The van der Waals surface area contributed by atoms with Crippen molar-refractivity contribution in [3.05, 3.63) is 11.9 Å². The van der Waals surface area contributed by atoms with Crippen molar-refractivity contribution in [2.24, 2.45) is 0 Å².